The summed E-state index contributed by atoms with van der Waals surface area (Å²) in [4.78, 5) is 30.7. The summed E-state index contributed by atoms with van der Waals surface area (Å²) in [5.41, 5.74) is 3.03. The van der Waals surface area contributed by atoms with Gasteiger partial charge >= 0.3 is 5.97 Å². The molecular formula is C19H19N3O3. The van der Waals surface area contributed by atoms with Crippen LogP contribution in [0.5, 0.6) is 0 Å². The van der Waals surface area contributed by atoms with Crippen LogP contribution in [0.25, 0.3) is 5.65 Å². The molecule has 0 unspecified atom stereocenters. The Bertz CT molecular complexity index is 975. The van der Waals surface area contributed by atoms with Gasteiger partial charge < -0.3 is 9.64 Å². The van der Waals surface area contributed by atoms with Gasteiger partial charge in [-0.1, -0.05) is 6.07 Å². The molecule has 0 saturated carbocycles. The molecule has 6 nitrogen and oxygen atoms in total. The number of ether oxygens (including phenoxy) is 1. The van der Waals surface area contributed by atoms with E-state index in [1.165, 1.54) is 10.5 Å². The lowest BCUT2D eigenvalue weighted by Gasteiger charge is -2.12. The van der Waals surface area contributed by atoms with Crippen LogP contribution in [-0.2, 0) is 11.3 Å². The fourth-order valence-corrected chi connectivity index (χ4v) is 2.56. The van der Waals surface area contributed by atoms with E-state index in [0.717, 1.165) is 11.4 Å². The van der Waals surface area contributed by atoms with Crippen molar-refractivity contribution in [3.63, 3.8) is 0 Å². The zero-order valence-electron chi connectivity index (χ0n) is 14.4. The summed E-state index contributed by atoms with van der Waals surface area (Å²) in [6.45, 7) is 1.79. The molecule has 6 heteroatoms. The first kappa shape index (κ1) is 16.7. The molecule has 0 spiro atoms. The Balaban J connectivity index is 1.76. The fourth-order valence-electron chi connectivity index (χ4n) is 2.56. The Hall–Kier alpha value is -3.15. The minimum atomic E-state index is -0.448. The van der Waals surface area contributed by atoms with Crippen LogP contribution < -0.4 is 10.5 Å². The molecule has 1 aromatic carbocycles. The van der Waals surface area contributed by atoms with Crippen LogP contribution in [0.3, 0.4) is 0 Å². The number of aromatic nitrogens is 2. The van der Waals surface area contributed by atoms with Gasteiger partial charge in [-0.2, -0.15) is 0 Å². The lowest BCUT2D eigenvalue weighted by atomic mass is 10.2. The van der Waals surface area contributed by atoms with Crippen LogP contribution in [0, 0.1) is 6.92 Å². The second-order valence-corrected chi connectivity index (χ2v) is 5.96. The second-order valence-electron chi connectivity index (χ2n) is 5.96. The van der Waals surface area contributed by atoms with E-state index in [-0.39, 0.29) is 12.2 Å². The summed E-state index contributed by atoms with van der Waals surface area (Å²) >= 11 is 0. The molecule has 0 bridgehead atoms. The Kier molecular flexibility index (Phi) is 4.52. The van der Waals surface area contributed by atoms with Crippen molar-refractivity contribution in [2.24, 2.45) is 0 Å². The van der Waals surface area contributed by atoms with Crippen molar-refractivity contribution in [1.82, 2.24) is 9.38 Å². The van der Waals surface area contributed by atoms with Gasteiger partial charge in [-0.25, -0.2) is 9.78 Å². The molecular weight excluding hydrogens is 318 g/mol. The number of carbonyl (C=O) groups is 1. The van der Waals surface area contributed by atoms with Crippen molar-refractivity contribution < 1.29 is 9.53 Å². The molecule has 0 N–H and O–H groups in total. The van der Waals surface area contributed by atoms with E-state index >= 15 is 0 Å². The van der Waals surface area contributed by atoms with E-state index in [9.17, 15) is 9.59 Å². The SMILES string of the molecule is Cc1cccc2nc(COC(=O)c3ccc(N(C)C)cc3)cc(=O)n12. The molecule has 2 aromatic heterocycles. The number of carbonyl (C=O) groups excluding carboxylic acids is 1. The van der Waals surface area contributed by atoms with Gasteiger partial charge in [0.05, 0.1) is 11.3 Å². The second kappa shape index (κ2) is 6.76. The van der Waals surface area contributed by atoms with Gasteiger partial charge in [0.1, 0.15) is 12.3 Å². The third kappa shape index (κ3) is 3.52. The van der Waals surface area contributed by atoms with Gasteiger partial charge in [-0.05, 0) is 43.3 Å². The maximum atomic E-state index is 12.2. The number of esters is 1. The first-order valence-electron chi connectivity index (χ1n) is 7.88. The maximum absolute atomic E-state index is 12.2. The average Bonchev–Trinajstić information content (AvgIpc) is 2.59. The van der Waals surface area contributed by atoms with Gasteiger partial charge in [0.15, 0.2) is 0 Å². The van der Waals surface area contributed by atoms with Gasteiger partial charge in [0.2, 0.25) is 0 Å². The van der Waals surface area contributed by atoms with Crippen molar-refractivity contribution in [2.75, 3.05) is 19.0 Å². The van der Waals surface area contributed by atoms with Crippen molar-refractivity contribution in [2.45, 2.75) is 13.5 Å². The topological polar surface area (TPSA) is 63.9 Å². The first-order valence-corrected chi connectivity index (χ1v) is 7.88. The van der Waals surface area contributed by atoms with E-state index in [0.29, 0.717) is 16.9 Å². The van der Waals surface area contributed by atoms with Gasteiger partial charge in [0.25, 0.3) is 5.56 Å². The smallest absolute Gasteiger partial charge is 0.338 e. The number of fused-ring (bicyclic) bond motifs is 1. The number of hydrogen-bond acceptors (Lipinski definition) is 5. The molecule has 3 aromatic rings. The molecule has 0 fully saturated rings. The highest BCUT2D eigenvalue weighted by atomic mass is 16.5. The first-order chi connectivity index (χ1) is 12.0. The maximum Gasteiger partial charge on any atom is 0.338 e. The van der Waals surface area contributed by atoms with Crippen LogP contribution in [0.4, 0.5) is 5.69 Å². The van der Waals surface area contributed by atoms with Crippen LogP contribution in [-0.4, -0.2) is 29.4 Å². The Morgan fingerprint density at radius 1 is 1.16 bits per heavy atom. The van der Waals surface area contributed by atoms with E-state index < -0.39 is 5.97 Å². The summed E-state index contributed by atoms with van der Waals surface area (Å²) in [7, 11) is 3.86. The molecule has 0 saturated heterocycles. The van der Waals surface area contributed by atoms with Crippen molar-refractivity contribution in [1.29, 1.82) is 0 Å². The fraction of sp³-hybridized carbons (Fsp3) is 0.211. The van der Waals surface area contributed by atoms with Gasteiger partial charge in [-0.15, -0.1) is 0 Å². The molecule has 128 valence electrons. The Labute approximate surface area is 145 Å². The van der Waals surface area contributed by atoms with E-state index in [4.69, 9.17) is 4.74 Å². The van der Waals surface area contributed by atoms with Crippen LogP contribution >= 0.6 is 0 Å². The Morgan fingerprint density at radius 2 is 1.88 bits per heavy atom. The normalized spacial score (nSPS) is 10.7. The summed E-state index contributed by atoms with van der Waals surface area (Å²) in [6, 6.07) is 13.9. The highest BCUT2D eigenvalue weighted by Gasteiger charge is 2.10. The molecule has 0 aliphatic rings. The van der Waals surface area contributed by atoms with Crippen molar-refractivity contribution in [3.8, 4) is 0 Å². The van der Waals surface area contributed by atoms with Crippen LogP contribution in [0.15, 0.2) is 53.3 Å². The molecule has 0 atom stereocenters. The van der Waals surface area contributed by atoms with E-state index in [1.807, 2.05) is 50.2 Å². The average molecular weight is 337 g/mol. The van der Waals surface area contributed by atoms with Crippen molar-refractivity contribution in [3.05, 3.63) is 75.8 Å². The number of benzene rings is 1. The summed E-state index contributed by atoms with van der Waals surface area (Å²) in [5.74, 6) is -0.448. The van der Waals surface area contributed by atoms with Crippen LogP contribution in [0.1, 0.15) is 21.7 Å². The highest BCUT2D eigenvalue weighted by Crippen LogP contribution is 2.13. The minimum Gasteiger partial charge on any atom is -0.456 e. The van der Waals surface area contributed by atoms with Crippen molar-refractivity contribution >= 4 is 17.3 Å². The molecule has 0 radical (unpaired) electrons. The molecule has 0 aliphatic heterocycles. The monoisotopic (exact) mass is 337 g/mol. The number of nitrogens with zero attached hydrogens (tertiary/aromatic N) is 3. The molecule has 2 heterocycles. The summed E-state index contributed by atoms with van der Waals surface area (Å²) in [6.07, 6.45) is 0. The lowest BCUT2D eigenvalue weighted by Crippen LogP contribution is -2.18. The van der Waals surface area contributed by atoms with E-state index in [1.54, 1.807) is 18.2 Å². The number of rotatable bonds is 4. The number of pyridine rings is 1. The van der Waals surface area contributed by atoms with Gasteiger partial charge in [-0.3, -0.25) is 9.20 Å². The summed E-state index contributed by atoms with van der Waals surface area (Å²) < 4.78 is 6.80. The predicted molar refractivity (Wildman–Crippen MR) is 96.1 cm³/mol. The standard InChI is InChI=1S/C19H19N3O3/c1-13-5-4-6-17-20-15(11-18(23)22(13)17)12-25-19(24)14-7-9-16(10-8-14)21(2)3/h4-11H,12H2,1-3H3. The molecule has 25 heavy (non-hydrogen) atoms. The molecule has 0 aliphatic carbocycles. The van der Waals surface area contributed by atoms with Gasteiger partial charge in [0, 0.05) is 31.5 Å². The number of hydrogen-bond donors (Lipinski definition) is 0. The Morgan fingerprint density at radius 3 is 2.56 bits per heavy atom. The number of anilines is 1. The van der Waals surface area contributed by atoms with Crippen LogP contribution in [0.2, 0.25) is 0 Å². The highest BCUT2D eigenvalue weighted by molar-refractivity contribution is 5.89. The lowest BCUT2D eigenvalue weighted by molar-refractivity contribution is 0.0467. The third-order valence-corrected chi connectivity index (χ3v) is 3.90. The number of aryl methyl sites for hydroxylation is 1. The molecule has 0 amide bonds. The minimum absolute atomic E-state index is 0.0477. The zero-order valence-corrected chi connectivity index (χ0v) is 14.4. The predicted octanol–water partition coefficient (Wildman–Crippen LogP) is 2.43. The quantitative estimate of drug-likeness (QED) is 0.684. The zero-order chi connectivity index (χ0) is 18.0. The third-order valence-electron chi connectivity index (χ3n) is 3.90. The molecule has 3 rings (SSSR count). The largest absolute Gasteiger partial charge is 0.456 e. The van der Waals surface area contributed by atoms with E-state index in [2.05, 4.69) is 4.98 Å². The summed E-state index contributed by atoms with van der Waals surface area (Å²) in [5, 5.41) is 0.